The minimum absolute atomic E-state index is 0.261. The van der Waals surface area contributed by atoms with E-state index in [1.165, 1.54) is 24.1 Å². The quantitative estimate of drug-likeness (QED) is 0.775. The molecule has 1 aromatic rings. The van der Waals surface area contributed by atoms with Gasteiger partial charge in [-0.3, -0.25) is 4.90 Å². The molecule has 0 unspecified atom stereocenters. The number of hydrogen-bond donors (Lipinski definition) is 0. The normalized spacial score (nSPS) is 18.3. The molecule has 1 aliphatic rings. The van der Waals surface area contributed by atoms with Crippen molar-refractivity contribution in [3.63, 3.8) is 0 Å². The van der Waals surface area contributed by atoms with E-state index >= 15 is 0 Å². The van der Waals surface area contributed by atoms with E-state index in [-0.39, 0.29) is 12.4 Å². The van der Waals surface area contributed by atoms with Crippen LogP contribution in [0.15, 0.2) is 24.3 Å². The Hall–Kier alpha value is -2.31. The van der Waals surface area contributed by atoms with E-state index in [4.69, 9.17) is 9.47 Å². The monoisotopic (exact) mass is 338 g/mol. The Morgan fingerprint density at radius 2 is 1.79 bits per heavy atom. The zero-order chi connectivity index (χ0) is 17.9. The van der Waals surface area contributed by atoms with Gasteiger partial charge in [0.15, 0.2) is 6.04 Å². The molecule has 0 spiro atoms. The van der Waals surface area contributed by atoms with Crippen LogP contribution in [-0.4, -0.2) is 55.3 Å². The Balaban J connectivity index is 2.16. The summed E-state index contributed by atoms with van der Waals surface area (Å²) in [6.45, 7) is 6.40. The van der Waals surface area contributed by atoms with Crippen LogP contribution in [-0.2, 0) is 14.3 Å². The third-order valence-corrected chi connectivity index (χ3v) is 3.67. The van der Waals surface area contributed by atoms with Gasteiger partial charge in [0.2, 0.25) is 0 Å². The molecule has 1 fully saturated rings. The number of anilines is 1. The lowest BCUT2D eigenvalue weighted by atomic mass is 10.1. The number of esters is 1. The molecule has 1 heterocycles. The average molecular weight is 338 g/mol. The largest absolute Gasteiger partial charge is 0.467 e. The molecular weight excluding hydrogens is 315 g/mol. The third-order valence-electron chi connectivity index (χ3n) is 3.67. The van der Waals surface area contributed by atoms with Gasteiger partial charge in [-0.1, -0.05) is 0 Å². The number of nitrogens with zero attached hydrogens (tertiary/aromatic N) is 2. The molecule has 0 aromatic heterocycles. The topological polar surface area (TPSA) is 59.1 Å². The highest BCUT2D eigenvalue weighted by atomic mass is 19.1. The van der Waals surface area contributed by atoms with Gasteiger partial charge in [-0.05, 0) is 45.0 Å². The van der Waals surface area contributed by atoms with Gasteiger partial charge in [0.1, 0.15) is 11.4 Å². The zero-order valence-electron chi connectivity index (χ0n) is 14.4. The summed E-state index contributed by atoms with van der Waals surface area (Å²) in [5.41, 5.74) is 0.139. The summed E-state index contributed by atoms with van der Waals surface area (Å²) in [5, 5.41) is 0. The zero-order valence-corrected chi connectivity index (χ0v) is 14.4. The van der Waals surface area contributed by atoms with E-state index in [0.29, 0.717) is 13.1 Å². The minimum atomic E-state index is -0.774. The number of rotatable bonds is 2. The lowest BCUT2D eigenvalue weighted by Crippen LogP contribution is -2.59. The standard InChI is InChI=1S/C17H23FN2O4/c1-17(2,3)24-16(22)20-10-9-19(11-14(20)15(21)23-4)13-7-5-12(18)6-8-13/h5-8,14H,9-11H2,1-4H3/t14-/m1/s1. The van der Waals surface area contributed by atoms with Crippen molar-refractivity contribution in [2.75, 3.05) is 31.6 Å². The summed E-state index contributed by atoms with van der Waals surface area (Å²) in [5.74, 6) is -0.830. The first-order valence-electron chi connectivity index (χ1n) is 7.79. The van der Waals surface area contributed by atoms with Gasteiger partial charge in [0, 0.05) is 25.3 Å². The summed E-state index contributed by atoms with van der Waals surface area (Å²) in [6.07, 6.45) is -0.545. The molecule has 1 aliphatic heterocycles. The highest BCUT2D eigenvalue weighted by molar-refractivity contribution is 5.82. The Morgan fingerprint density at radius 3 is 2.33 bits per heavy atom. The second kappa shape index (κ2) is 7.07. The number of methoxy groups -OCH3 is 1. The van der Waals surface area contributed by atoms with Crippen LogP contribution in [0.3, 0.4) is 0 Å². The van der Waals surface area contributed by atoms with Gasteiger partial charge in [-0.2, -0.15) is 0 Å². The molecule has 0 radical (unpaired) electrons. The van der Waals surface area contributed by atoms with Gasteiger partial charge in [0.05, 0.1) is 7.11 Å². The number of amides is 1. The van der Waals surface area contributed by atoms with Gasteiger partial charge in [-0.25, -0.2) is 14.0 Å². The number of benzene rings is 1. The molecule has 24 heavy (non-hydrogen) atoms. The van der Waals surface area contributed by atoms with Crippen molar-refractivity contribution >= 4 is 17.7 Å². The highest BCUT2D eigenvalue weighted by Gasteiger charge is 2.38. The van der Waals surface area contributed by atoms with Crippen LogP contribution in [0.5, 0.6) is 0 Å². The van der Waals surface area contributed by atoms with Gasteiger partial charge >= 0.3 is 12.1 Å². The molecule has 0 N–H and O–H groups in total. The third kappa shape index (κ3) is 4.37. The summed E-state index contributed by atoms with van der Waals surface area (Å²) < 4.78 is 23.3. The first kappa shape index (κ1) is 18.0. The smallest absolute Gasteiger partial charge is 0.411 e. The molecule has 1 aromatic carbocycles. The van der Waals surface area contributed by atoms with E-state index in [1.54, 1.807) is 32.9 Å². The first-order valence-corrected chi connectivity index (χ1v) is 7.79. The molecule has 1 atom stereocenters. The van der Waals surface area contributed by atoms with E-state index in [0.717, 1.165) is 5.69 Å². The molecule has 1 saturated heterocycles. The first-order chi connectivity index (χ1) is 11.2. The minimum Gasteiger partial charge on any atom is -0.467 e. The summed E-state index contributed by atoms with van der Waals surface area (Å²) in [4.78, 5) is 27.8. The molecule has 132 valence electrons. The molecule has 7 heteroatoms. The van der Waals surface area contributed by atoms with Crippen molar-refractivity contribution < 1.29 is 23.5 Å². The fourth-order valence-electron chi connectivity index (χ4n) is 2.55. The maximum atomic E-state index is 13.1. The van der Waals surface area contributed by atoms with Crippen molar-refractivity contribution in [1.29, 1.82) is 0 Å². The van der Waals surface area contributed by atoms with E-state index in [9.17, 15) is 14.0 Å². The summed E-state index contributed by atoms with van der Waals surface area (Å²) in [7, 11) is 1.28. The molecule has 2 rings (SSSR count). The fraction of sp³-hybridized carbons (Fsp3) is 0.529. The average Bonchev–Trinajstić information content (AvgIpc) is 2.52. The molecular formula is C17H23FN2O4. The SMILES string of the molecule is COC(=O)[C@H]1CN(c2ccc(F)cc2)CCN1C(=O)OC(C)(C)C. The maximum Gasteiger partial charge on any atom is 0.411 e. The number of ether oxygens (including phenoxy) is 2. The van der Waals surface area contributed by atoms with Crippen molar-refractivity contribution in [1.82, 2.24) is 4.90 Å². The van der Waals surface area contributed by atoms with Crippen molar-refractivity contribution in [3.05, 3.63) is 30.1 Å². The Kier molecular flexibility index (Phi) is 5.31. The Bertz CT molecular complexity index is 598. The summed E-state index contributed by atoms with van der Waals surface area (Å²) >= 11 is 0. The predicted molar refractivity (Wildman–Crippen MR) is 87.4 cm³/mol. The van der Waals surface area contributed by atoms with Crippen LogP contribution in [0.2, 0.25) is 0 Å². The lowest BCUT2D eigenvalue weighted by molar-refractivity contribution is -0.147. The van der Waals surface area contributed by atoms with Crippen LogP contribution in [0.4, 0.5) is 14.9 Å². The Morgan fingerprint density at radius 1 is 1.17 bits per heavy atom. The van der Waals surface area contributed by atoms with Crippen molar-refractivity contribution in [2.24, 2.45) is 0 Å². The number of halogens is 1. The number of hydrogen-bond acceptors (Lipinski definition) is 5. The van der Waals surface area contributed by atoms with Crippen LogP contribution in [0.25, 0.3) is 0 Å². The van der Waals surface area contributed by atoms with Crippen LogP contribution in [0, 0.1) is 5.82 Å². The highest BCUT2D eigenvalue weighted by Crippen LogP contribution is 2.22. The predicted octanol–water partition coefficient (Wildman–Crippen LogP) is 2.42. The summed E-state index contributed by atoms with van der Waals surface area (Å²) in [6, 6.07) is 5.24. The van der Waals surface area contributed by atoms with Crippen LogP contribution in [0.1, 0.15) is 20.8 Å². The molecule has 6 nitrogen and oxygen atoms in total. The van der Waals surface area contributed by atoms with Crippen molar-refractivity contribution in [3.8, 4) is 0 Å². The van der Waals surface area contributed by atoms with Gasteiger partial charge < -0.3 is 14.4 Å². The van der Waals surface area contributed by atoms with E-state index in [2.05, 4.69) is 0 Å². The Labute approximate surface area is 141 Å². The second-order valence-corrected chi connectivity index (χ2v) is 6.64. The van der Waals surface area contributed by atoms with E-state index < -0.39 is 23.7 Å². The van der Waals surface area contributed by atoms with Gasteiger partial charge in [0.25, 0.3) is 0 Å². The molecule has 0 bridgehead atoms. The van der Waals surface area contributed by atoms with Crippen LogP contribution < -0.4 is 4.90 Å². The fourth-order valence-corrected chi connectivity index (χ4v) is 2.55. The lowest BCUT2D eigenvalue weighted by Gasteiger charge is -2.41. The molecule has 0 aliphatic carbocycles. The second-order valence-electron chi connectivity index (χ2n) is 6.64. The van der Waals surface area contributed by atoms with Crippen molar-refractivity contribution in [2.45, 2.75) is 32.4 Å². The number of carbonyl (C=O) groups excluding carboxylic acids is 2. The van der Waals surface area contributed by atoms with Crippen LogP contribution >= 0.6 is 0 Å². The van der Waals surface area contributed by atoms with E-state index in [1.807, 2.05) is 4.90 Å². The number of carbonyl (C=O) groups is 2. The van der Waals surface area contributed by atoms with Gasteiger partial charge in [-0.15, -0.1) is 0 Å². The number of piperazine rings is 1. The molecule has 0 saturated carbocycles. The molecule has 1 amide bonds. The maximum absolute atomic E-state index is 13.1.